The molecule has 0 amide bonds. The number of nitriles is 1. The summed E-state index contributed by atoms with van der Waals surface area (Å²) in [6.45, 7) is 1.40. The second-order valence-electron chi connectivity index (χ2n) is 5.63. The van der Waals surface area contributed by atoms with Crippen LogP contribution in [0.2, 0.25) is 0 Å². The Morgan fingerprint density at radius 3 is 2.46 bits per heavy atom. The van der Waals surface area contributed by atoms with Crippen molar-refractivity contribution in [3.8, 4) is 11.8 Å². The lowest BCUT2D eigenvalue weighted by Crippen LogP contribution is -2.07. The van der Waals surface area contributed by atoms with Gasteiger partial charge >= 0.3 is 0 Å². The van der Waals surface area contributed by atoms with Crippen LogP contribution in [0.25, 0.3) is 0 Å². The molecule has 0 N–H and O–H groups in total. The van der Waals surface area contributed by atoms with Crippen LogP contribution in [0.3, 0.4) is 0 Å². The summed E-state index contributed by atoms with van der Waals surface area (Å²) in [5, 5.41) is 8.86. The van der Waals surface area contributed by atoms with Crippen molar-refractivity contribution < 1.29 is 22.1 Å². The van der Waals surface area contributed by atoms with E-state index in [9.17, 15) is 8.42 Å². The minimum atomic E-state index is -3.40. The SMILES string of the molecule is CS(=O)(=O)OCCc1ccc(OCCOCc2cccc(C#N)c2)cc1. The maximum Gasteiger partial charge on any atom is 0.264 e. The van der Waals surface area contributed by atoms with Gasteiger partial charge in [-0.3, -0.25) is 4.18 Å². The Balaban J connectivity index is 1.65. The zero-order valence-corrected chi connectivity index (χ0v) is 15.4. The number of benzene rings is 2. The first-order valence-corrected chi connectivity index (χ1v) is 9.91. The number of nitrogens with zero attached hydrogens (tertiary/aromatic N) is 1. The van der Waals surface area contributed by atoms with Crippen molar-refractivity contribution in [1.29, 1.82) is 5.26 Å². The monoisotopic (exact) mass is 375 g/mol. The number of hydrogen-bond acceptors (Lipinski definition) is 6. The Labute approximate surface area is 154 Å². The van der Waals surface area contributed by atoms with Crippen LogP contribution >= 0.6 is 0 Å². The van der Waals surface area contributed by atoms with Crippen LogP contribution in [-0.2, 0) is 32.1 Å². The quantitative estimate of drug-likeness (QED) is 0.469. The summed E-state index contributed by atoms with van der Waals surface area (Å²) in [4.78, 5) is 0. The third kappa shape index (κ3) is 7.66. The van der Waals surface area contributed by atoms with Crippen molar-refractivity contribution in [3.63, 3.8) is 0 Å². The maximum absolute atomic E-state index is 10.9. The topological polar surface area (TPSA) is 85.6 Å². The minimum absolute atomic E-state index is 0.125. The molecule has 2 rings (SSSR count). The van der Waals surface area contributed by atoms with Gasteiger partial charge in [-0.25, -0.2) is 0 Å². The van der Waals surface area contributed by atoms with Crippen molar-refractivity contribution in [1.82, 2.24) is 0 Å². The van der Waals surface area contributed by atoms with Gasteiger partial charge in [0, 0.05) is 0 Å². The predicted octanol–water partition coefficient (Wildman–Crippen LogP) is 2.67. The van der Waals surface area contributed by atoms with Gasteiger partial charge in [0.15, 0.2) is 0 Å². The van der Waals surface area contributed by atoms with E-state index in [2.05, 4.69) is 6.07 Å². The molecule has 2 aromatic rings. The van der Waals surface area contributed by atoms with E-state index in [4.69, 9.17) is 18.9 Å². The summed E-state index contributed by atoms with van der Waals surface area (Å²) in [6, 6.07) is 16.8. The molecule has 0 unspecified atom stereocenters. The normalized spacial score (nSPS) is 11.1. The smallest absolute Gasteiger partial charge is 0.264 e. The lowest BCUT2D eigenvalue weighted by atomic mass is 10.1. The maximum atomic E-state index is 10.9. The van der Waals surface area contributed by atoms with Crippen LogP contribution in [0.4, 0.5) is 0 Å². The van der Waals surface area contributed by atoms with E-state index in [1.165, 1.54) is 0 Å². The van der Waals surface area contributed by atoms with E-state index >= 15 is 0 Å². The van der Waals surface area contributed by atoms with Crippen molar-refractivity contribution >= 4 is 10.1 Å². The van der Waals surface area contributed by atoms with Crippen LogP contribution in [0.1, 0.15) is 16.7 Å². The molecule has 0 aliphatic heterocycles. The third-order valence-corrected chi connectivity index (χ3v) is 4.03. The molecule has 0 fully saturated rings. The van der Waals surface area contributed by atoms with E-state index in [0.717, 1.165) is 17.4 Å². The van der Waals surface area contributed by atoms with Crippen LogP contribution < -0.4 is 4.74 Å². The summed E-state index contributed by atoms with van der Waals surface area (Å²) in [5.41, 5.74) is 2.53. The Bertz CT molecular complexity index is 841. The van der Waals surface area contributed by atoms with Gasteiger partial charge in [-0.2, -0.15) is 13.7 Å². The fraction of sp³-hybridized carbons (Fsp3) is 0.316. The fourth-order valence-corrected chi connectivity index (χ4v) is 2.59. The molecule has 0 spiro atoms. The predicted molar refractivity (Wildman–Crippen MR) is 97.2 cm³/mol. The molecule has 7 heteroatoms. The Morgan fingerprint density at radius 1 is 1.00 bits per heavy atom. The molecule has 0 saturated heterocycles. The summed E-state index contributed by atoms with van der Waals surface area (Å²) < 4.78 is 37.7. The van der Waals surface area contributed by atoms with Gasteiger partial charge in [-0.05, 0) is 41.8 Å². The average molecular weight is 375 g/mol. The zero-order chi connectivity index (χ0) is 18.8. The van der Waals surface area contributed by atoms with E-state index in [-0.39, 0.29) is 6.61 Å². The molecule has 2 aromatic carbocycles. The lowest BCUT2D eigenvalue weighted by Gasteiger charge is -2.08. The molecule has 0 atom stereocenters. The summed E-state index contributed by atoms with van der Waals surface area (Å²) in [5.74, 6) is 0.716. The molecule has 0 aliphatic rings. The Hall–Kier alpha value is -2.40. The molecule has 26 heavy (non-hydrogen) atoms. The molecule has 0 heterocycles. The van der Waals surface area contributed by atoms with E-state index in [1.807, 2.05) is 36.4 Å². The molecule has 6 nitrogen and oxygen atoms in total. The molecule has 138 valence electrons. The van der Waals surface area contributed by atoms with Gasteiger partial charge < -0.3 is 9.47 Å². The van der Waals surface area contributed by atoms with Crippen molar-refractivity contribution in [2.45, 2.75) is 13.0 Å². The summed E-state index contributed by atoms with van der Waals surface area (Å²) in [6.07, 6.45) is 1.55. The highest BCUT2D eigenvalue weighted by atomic mass is 32.2. The Kier molecular flexibility index (Phi) is 7.60. The van der Waals surface area contributed by atoms with E-state index in [0.29, 0.717) is 37.6 Å². The van der Waals surface area contributed by atoms with E-state index < -0.39 is 10.1 Å². The standard InChI is InChI=1S/C19H21NO5S/c1-26(21,22)25-10-9-16-5-7-19(8-6-16)24-12-11-23-15-18-4-2-3-17(13-18)14-20/h2-8,13H,9-12,15H2,1H3. The summed E-state index contributed by atoms with van der Waals surface area (Å²) >= 11 is 0. The highest BCUT2D eigenvalue weighted by Crippen LogP contribution is 2.13. The van der Waals surface area contributed by atoms with Gasteiger partial charge in [0.05, 0.1) is 37.7 Å². The van der Waals surface area contributed by atoms with Gasteiger partial charge in [-0.1, -0.05) is 24.3 Å². The van der Waals surface area contributed by atoms with Crippen molar-refractivity contribution in [3.05, 3.63) is 65.2 Å². The molecule has 0 aromatic heterocycles. The fourth-order valence-electron chi connectivity index (χ4n) is 2.20. The van der Waals surface area contributed by atoms with Gasteiger partial charge in [-0.15, -0.1) is 0 Å². The third-order valence-electron chi connectivity index (χ3n) is 3.43. The minimum Gasteiger partial charge on any atom is -0.491 e. The van der Waals surface area contributed by atoms with Crippen LogP contribution in [0.5, 0.6) is 5.75 Å². The highest BCUT2D eigenvalue weighted by Gasteiger charge is 2.02. The van der Waals surface area contributed by atoms with Crippen molar-refractivity contribution in [2.75, 3.05) is 26.1 Å². The highest BCUT2D eigenvalue weighted by molar-refractivity contribution is 7.85. The van der Waals surface area contributed by atoms with Gasteiger partial charge in [0.25, 0.3) is 10.1 Å². The number of hydrogen-bond donors (Lipinski definition) is 0. The molecule has 0 aliphatic carbocycles. The van der Waals surface area contributed by atoms with Crippen LogP contribution in [0.15, 0.2) is 48.5 Å². The van der Waals surface area contributed by atoms with E-state index in [1.54, 1.807) is 12.1 Å². The first kappa shape index (κ1) is 19.9. The van der Waals surface area contributed by atoms with Crippen LogP contribution in [-0.4, -0.2) is 34.5 Å². The molecular weight excluding hydrogens is 354 g/mol. The van der Waals surface area contributed by atoms with Gasteiger partial charge in [0.2, 0.25) is 0 Å². The van der Waals surface area contributed by atoms with Crippen molar-refractivity contribution in [2.24, 2.45) is 0 Å². The molecule has 0 bridgehead atoms. The second-order valence-corrected chi connectivity index (χ2v) is 7.28. The molecule has 0 radical (unpaired) electrons. The largest absolute Gasteiger partial charge is 0.491 e. The number of ether oxygens (including phenoxy) is 2. The number of rotatable bonds is 10. The first-order valence-electron chi connectivity index (χ1n) is 8.09. The lowest BCUT2D eigenvalue weighted by molar-refractivity contribution is 0.0889. The second kappa shape index (κ2) is 9.92. The Morgan fingerprint density at radius 2 is 1.77 bits per heavy atom. The first-order chi connectivity index (χ1) is 12.5. The molecular formula is C19H21NO5S. The van der Waals surface area contributed by atoms with Gasteiger partial charge in [0.1, 0.15) is 12.4 Å². The molecule has 0 saturated carbocycles. The summed E-state index contributed by atoms with van der Waals surface area (Å²) in [7, 11) is -3.40. The zero-order valence-electron chi connectivity index (χ0n) is 14.6. The van der Waals surface area contributed by atoms with Crippen LogP contribution in [0, 0.1) is 11.3 Å². The average Bonchev–Trinajstić information content (AvgIpc) is 2.62.